The van der Waals surface area contributed by atoms with Gasteiger partial charge in [-0.25, -0.2) is 9.38 Å². The number of pyridine rings is 1. The van der Waals surface area contributed by atoms with Crippen LogP contribution in [0.25, 0.3) is 0 Å². The first kappa shape index (κ1) is 18.8. The molecule has 0 unspecified atom stereocenters. The standard InChI is InChI=1S/C17H18FN5O3/c1-23(2)16(25)13-6-4-10(9-20-13)15(24)22-17(19)21-11-5-7-14(26-3)12(18)8-11/h4-9H,1-3H3,(H3,19,21,22,24). The van der Waals surface area contributed by atoms with Gasteiger partial charge in [0.15, 0.2) is 11.6 Å². The summed E-state index contributed by atoms with van der Waals surface area (Å²) >= 11 is 0. The fourth-order valence-electron chi connectivity index (χ4n) is 1.96. The van der Waals surface area contributed by atoms with Gasteiger partial charge in [-0.15, -0.1) is 0 Å². The number of halogens is 1. The van der Waals surface area contributed by atoms with Crippen LogP contribution in [0.15, 0.2) is 41.5 Å². The molecule has 0 aliphatic rings. The third-order valence-corrected chi connectivity index (χ3v) is 3.28. The summed E-state index contributed by atoms with van der Waals surface area (Å²) in [7, 11) is 4.55. The van der Waals surface area contributed by atoms with E-state index < -0.39 is 11.7 Å². The Labute approximate surface area is 149 Å². The summed E-state index contributed by atoms with van der Waals surface area (Å²) in [6, 6.07) is 6.89. The van der Waals surface area contributed by atoms with E-state index in [4.69, 9.17) is 10.5 Å². The van der Waals surface area contributed by atoms with Crippen molar-refractivity contribution in [3.8, 4) is 5.75 Å². The highest BCUT2D eigenvalue weighted by Crippen LogP contribution is 2.22. The molecule has 2 aromatic rings. The number of hydrogen-bond donors (Lipinski definition) is 2. The minimum absolute atomic E-state index is 0.0741. The Kier molecular flexibility index (Phi) is 5.84. The molecule has 9 heteroatoms. The highest BCUT2D eigenvalue weighted by Gasteiger charge is 2.12. The van der Waals surface area contributed by atoms with Gasteiger partial charge in [0.05, 0.1) is 18.4 Å². The summed E-state index contributed by atoms with van der Waals surface area (Å²) in [6.45, 7) is 0. The summed E-state index contributed by atoms with van der Waals surface area (Å²) in [5, 5.41) is 2.36. The van der Waals surface area contributed by atoms with E-state index >= 15 is 0 Å². The summed E-state index contributed by atoms with van der Waals surface area (Å²) in [5.41, 5.74) is 6.28. The molecule has 0 aliphatic heterocycles. The van der Waals surface area contributed by atoms with Gasteiger partial charge in [0.25, 0.3) is 11.8 Å². The van der Waals surface area contributed by atoms with Crippen LogP contribution in [0.3, 0.4) is 0 Å². The number of methoxy groups -OCH3 is 1. The maximum absolute atomic E-state index is 13.6. The lowest BCUT2D eigenvalue weighted by molar-refractivity contribution is 0.0821. The topological polar surface area (TPSA) is 110 Å². The van der Waals surface area contributed by atoms with Crippen LogP contribution in [0, 0.1) is 5.82 Å². The molecule has 0 fully saturated rings. The highest BCUT2D eigenvalue weighted by atomic mass is 19.1. The molecule has 0 radical (unpaired) electrons. The second-order valence-electron chi connectivity index (χ2n) is 5.40. The van der Waals surface area contributed by atoms with E-state index in [1.54, 1.807) is 14.1 Å². The van der Waals surface area contributed by atoms with Crippen molar-refractivity contribution in [2.24, 2.45) is 10.7 Å². The molecule has 2 amide bonds. The fraction of sp³-hybridized carbons (Fsp3) is 0.176. The lowest BCUT2D eigenvalue weighted by atomic mass is 10.2. The molecule has 0 atom stereocenters. The summed E-state index contributed by atoms with van der Waals surface area (Å²) in [6.07, 6.45) is 1.26. The Hall–Kier alpha value is -3.49. The number of guanidine groups is 1. The predicted octanol–water partition coefficient (Wildman–Crippen LogP) is 1.31. The zero-order valence-electron chi connectivity index (χ0n) is 14.5. The minimum atomic E-state index is -0.599. The average molecular weight is 359 g/mol. The maximum Gasteiger partial charge on any atom is 0.271 e. The quantitative estimate of drug-likeness (QED) is 0.632. The molecular weight excluding hydrogens is 341 g/mol. The molecule has 1 heterocycles. The van der Waals surface area contributed by atoms with Gasteiger partial charge >= 0.3 is 0 Å². The van der Waals surface area contributed by atoms with Crippen LogP contribution in [-0.4, -0.2) is 48.9 Å². The molecule has 136 valence electrons. The SMILES string of the molecule is COc1ccc(N=C(N)NC(=O)c2ccc(C(=O)N(C)C)nc2)cc1F. The first-order valence-corrected chi connectivity index (χ1v) is 7.48. The third kappa shape index (κ3) is 4.53. The van der Waals surface area contributed by atoms with E-state index in [1.807, 2.05) is 0 Å². The van der Waals surface area contributed by atoms with E-state index in [1.165, 1.54) is 42.5 Å². The Balaban J connectivity index is 2.08. The number of nitrogens with two attached hydrogens (primary N) is 1. The van der Waals surface area contributed by atoms with E-state index in [2.05, 4.69) is 15.3 Å². The number of nitrogens with zero attached hydrogens (tertiary/aromatic N) is 3. The molecule has 2 rings (SSSR count). The van der Waals surface area contributed by atoms with Gasteiger partial charge in [-0.3, -0.25) is 19.9 Å². The molecule has 0 saturated heterocycles. The van der Waals surface area contributed by atoms with Crippen LogP contribution < -0.4 is 15.8 Å². The largest absolute Gasteiger partial charge is 0.494 e. The minimum Gasteiger partial charge on any atom is -0.494 e. The van der Waals surface area contributed by atoms with Crippen molar-refractivity contribution in [2.45, 2.75) is 0 Å². The molecule has 1 aromatic heterocycles. The van der Waals surface area contributed by atoms with E-state index in [-0.39, 0.29) is 34.6 Å². The number of aliphatic imine (C=N–C) groups is 1. The van der Waals surface area contributed by atoms with Crippen molar-refractivity contribution < 1.29 is 18.7 Å². The number of carbonyl (C=O) groups is 2. The van der Waals surface area contributed by atoms with Crippen LogP contribution in [0.4, 0.5) is 10.1 Å². The fourth-order valence-corrected chi connectivity index (χ4v) is 1.96. The number of nitrogens with one attached hydrogen (secondary N) is 1. The zero-order chi connectivity index (χ0) is 19.3. The van der Waals surface area contributed by atoms with Crippen molar-refractivity contribution in [2.75, 3.05) is 21.2 Å². The number of ether oxygens (including phenoxy) is 1. The highest BCUT2D eigenvalue weighted by molar-refractivity contribution is 6.05. The maximum atomic E-state index is 13.6. The second-order valence-corrected chi connectivity index (χ2v) is 5.40. The van der Waals surface area contributed by atoms with Crippen LogP contribution in [0.5, 0.6) is 5.75 Å². The van der Waals surface area contributed by atoms with Gasteiger partial charge in [0, 0.05) is 26.4 Å². The molecule has 1 aromatic carbocycles. The van der Waals surface area contributed by atoms with Crippen molar-refractivity contribution >= 4 is 23.5 Å². The molecule has 0 saturated carbocycles. The number of rotatable bonds is 4. The molecule has 26 heavy (non-hydrogen) atoms. The third-order valence-electron chi connectivity index (χ3n) is 3.28. The molecule has 0 spiro atoms. The number of hydrogen-bond acceptors (Lipinski definition) is 5. The van der Waals surface area contributed by atoms with E-state index in [0.717, 1.165) is 6.07 Å². The summed E-state index contributed by atoms with van der Waals surface area (Å²) < 4.78 is 18.4. The second kappa shape index (κ2) is 8.06. The van der Waals surface area contributed by atoms with Gasteiger partial charge < -0.3 is 15.4 Å². The number of benzene rings is 1. The van der Waals surface area contributed by atoms with E-state index in [0.29, 0.717) is 0 Å². The van der Waals surface area contributed by atoms with Gasteiger partial charge in [-0.05, 0) is 24.3 Å². The smallest absolute Gasteiger partial charge is 0.271 e. The Morgan fingerprint density at radius 2 is 2.00 bits per heavy atom. The Morgan fingerprint density at radius 1 is 1.27 bits per heavy atom. The van der Waals surface area contributed by atoms with Crippen molar-refractivity contribution in [3.63, 3.8) is 0 Å². The average Bonchev–Trinajstić information content (AvgIpc) is 2.61. The molecule has 0 bridgehead atoms. The first-order valence-electron chi connectivity index (χ1n) is 7.48. The van der Waals surface area contributed by atoms with Crippen molar-refractivity contribution in [1.29, 1.82) is 0 Å². The number of amides is 2. The lowest BCUT2D eigenvalue weighted by Crippen LogP contribution is -2.36. The van der Waals surface area contributed by atoms with E-state index in [9.17, 15) is 14.0 Å². The van der Waals surface area contributed by atoms with Crippen LogP contribution in [-0.2, 0) is 0 Å². The van der Waals surface area contributed by atoms with Crippen LogP contribution in [0.1, 0.15) is 20.8 Å². The predicted molar refractivity (Wildman–Crippen MR) is 94.0 cm³/mol. The molecule has 0 aliphatic carbocycles. The number of aromatic nitrogens is 1. The van der Waals surface area contributed by atoms with Gasteiger partial charge in [-0.2, -0.15) is 0 Å². The normalized spacial score (nSPS) is 11.0. The molecule has 3 N–H and O–H groups in total. The molecule has 8 nitrogen and oxygen atoms in total. The monoisotopic (exact) mass is 359 g/mol. The lowest BCUT2D eigenvalue weighted by Gasteiger charge is -2.09. The zero-order valence-corrected chi connectivity index (χ0v) is 14.5. The Bertz CT molecular complexity index is 850. The van der Waals surface area contributed by atoms with Gasteiger partial charge in [0.1, 0.15) is 5.69 Å². The Morgan fingerprint density at radius 3 is 2.54 bits per heavy atom. The summed E-state index contributed by atoms with van der Waals surface area (Å²) in [4.78, 5) is 33.1. The van der Waals surface area contributed by atoms with Crippen molar-refractivity contribution in [1.82, 2.24) is 15.2 Å². The van der Waals surface area contributed by atoms with Gasteiger partial charge in [0.2, 0.25) is 5.96 Å². The number of carbonyl (C=O) groups excluding carboxylic acids is 2. The van der Waals surface area contributed by atoms with Crippen molar-refractivity contribution in [3.05, 3.63) is 53.6 Å². The van der Waals surface area contributed by atoms with Crippen LogP contribution in [0.2, 0.25) is 0 Å². The van der Waals surface area contributed by atoms with Gasteiger partial charge in [-0.1, -0.05) is 0 Å². The first-order chi connectivity index (χ1) is 12.3. The molecular formula is C17H18FN5O3. The van der Waals surface area contributed by atoms with Crippen LogP contribution >= 0.6 is 0 Å². The summed E-state index contributed by atoms with van der Waals surface area (Å²) in [5.74, 6) is -1.58.